The first-order valence-electron chi connectivity index (χ1n) is 10.4. The van der Waals surface area contributed by atoms with Crippen molar-refractivity contribution < 1.29 is 9.53 Å². The van der Waals surface area contributed by atoms with E-state index in [1.165, 1.54) is 11.1 Å². The highest BCUT2D eigenvalue weighted by atomic mass is 32.1. The minimum atomic E-state index is 0.0501. The number of aryl methyl sites for hydroxylation is 3. The Kier molecular flexibility index (Phi) is 7.27. The minimum absolute atomic E-state index is 0.0501. The lowest BCUT2D eigenvalue weighted by Gasteiger charge is -2.28. The molecule has 3 aromatic rings. The van der Waals surface area contributed by atoms with Gasteiger partial charge in [0.05, 0.1) is 12.2 Å². The summed E-state index contributed by atoms with van der Waals surface area (Å²) in [6.45, 7) is 11.3. The van der Waals surface area contributed by atoms with Crippen LogP contribution in [0.3, 0.4) is 0 Å². The molecule has 1 aromatic heterocycles. The molecular weight excluding hydrogens is 392 g/mol. The maximum absolute atomic E-state index is 13.2. The van der Waals surface area contributed by atoms with E-state index in [0.717, 1.165) is 34.0 Å². The van der Waals surface area contributed by atoms with E-state index in [1.807, 2.05) is 53.6 Å². The number of nitrogens with zero attached hydrogens (tertiary/aromatic N) is 2. The third-order valence-corrected chi connectivity index (χ3v) is 6.01. The molecule has 1 atom stereocenters. The molecule has 0 saturated heterocycles. The quantitative estimate of drug-likeness (QED) is 0.441. The summed E-state index contributed by atoms with van der Waals surface area (Å²) in [5, 5.41) is 2.94. The van der Waals surface area contributed by atoms with Gasteiger partial charge in [-0.25, -0.2) is 4.98 Å². The van der Waals surface area contributed by atoms with E-state index in [-0.39, 0.29) is 11.9 Å². The summed E-state index contributed by atoms with van der Waals surface area (Å²) >= 11 is 1.57. The van der Waals surface area contributed by atoms with Crippen LogP contribution in [-0.2, 0) is 13.2 Å². The standard InChI is InChI=1S/C25H30N2O2S/c1-6-20(5)27(25(28)21-9-7-8-17(2)11-21)14-22-16-30-24(26-22)15-29-23-12-18(3)10-19(4)13-23/h7-13,16,20H,6,14-15H2,1-5H3. The summed E-state index contributed by atoms with van der Waals surface area (Å²) in [4.78, 5) is 19.8. The average Bonchev–Trinajstić information content (AvgIpc) is 3.16. The van der Waals surface area contributed by atoms with Gasteiger partial charge in [0.1, 0.15) is 17.4 Å². The Morgan fingerprint density at radius 1 is 1.10 bits per heavy atom. The van der Waals surface area contributed by atoms with Gasteiger partial charge in [-0.3, -0.25) is 4.79 Å². The largest absolute Gasteiger partial charge is 0.486 e. The normalized spacial score (nSPS) is 11.9. The van der Waals surface area contributed by atoms with Crippen LogP contribution in [0.1, 0.15) is 58.0 Å². The number of hydrogen-bond acceptors (Lipinski definition) is 4. The van der Waals surface area contributed by atoms with Gasteiger partial charge >= 0.3 is 0 Å². The molecule has 0 spiro atoms. The highest BCUT2D eigenvalue weighted by molar-refractivity contribution is 7.09. The molecule has 1 heterocycles. The van der Waals surface area contributed by atoms with Gasteiger partial charge in [0, 0.05) is 17.0 Å². The highest BCUT2D eigenvalue weighted by Gasteiger charge is 2.22. The van der Waals surface area contributed by atoms with Crippen molar-refractivity contribution in [1.82, 2.24) is 9.88 Å². The van der Waals surface area contributed by atoms with Gasteiger partial charge in [0.2, 0.25) is 0 Å². The smallest absolute Gasteiger partial charge is 0.254 e. The molecule has 158 valence electrons. The van der Waals surface area contributed by atoms with Gasteiger partial charge in [-0.05, 0) is 69.5 Å². The summed E-state index contributed by atoms with van der Waals surface area (Å²) in [5.41, 5.74) is 5.08. The average molecular weight is 423 g/mol. The SMILES string of the molecule is CCC(C)N(Cc1csc(COc2cc(C)cc(C)c2)n1)C(=O)c1cccc(C)c1. The molecule has 5 heteroatoms. The molecular formula is C25H30N2O2S. The number of carbonyl (C=O) groups excluding carboxylic acids is 1. The lowest BCUT2D eigenvalue weighted by Crippen LogP contribution is -2.38. The molecule has 1 unspecified atom stereocenters. The monoisotopic (exact) mass is 422 g/mol. The molecule has 0 N–H and O–H groups in total. The Bertz CT molecular complexity index is 992. The molecule has 0 bridgehead atoms. The molecule has 0 aliphatic rings. The summed E-state index contributed by atoms with van der Waals surface area (Å²) in [7, 11) is 0. The Balaban J connectivity index is 1.70. The third-order valence-electron chi connectivity index (χ3n) is 5.14. The van der Waals surface area contributed by atoms with Crippen molar-refractivity contribution in [2.24, 2.45) is 0 Å². The highest BCUT2D eigenvalue weighted by Crippen LogP contribution is 2.21. The molecule has 0 fully saturated rings. The third kappa shape index (κ3) is 5.70. The molecule has 3 rings (SSSR count). The lowest BCUT2D eigenvalue weighted by atomic mass is 10.1. The molecule has 0 aliphatic carbocycles. The second kappa shape index (κ2) is 9.90. The molecule has 0 radical (unpaired) electrons. The van der Waals surface area contributed by atoms with Crippen LogP contribution in [0.25, 0.3) is 0 Å². The number of aromatic nitrogens is 1. The number of amides is 1. The van der Waals surface area contributed by atoms with Crippen molar-refractivity contribution >= 4 is 17.2 Å². The molecule has 0 saturated carbocycles. The predicted molar refractivity (Wildman–Crippen MR) is 123 cm³/mol. The van der Waals surface area contributed by atoms with E-state index in [2.05, 4.69) is 33.8 Å². The van der Waals surface area contributed by atoms with Gasteiger partial charge in [-0.2, -0.15) is 0 Å². The lowest BCUT2D eigenvalue weighted by molar-refractivity contribution is 0.0669. The van der Waals surface area contributed by atoms with Crippen molar-refractivity contribution in [3.05, 3.63) is 80.8 Å². The van der Waals surface area contributed by atoms with Crippen LogP contribution in [-0.4, -0.2) is 21.8 Å². The van der Waals surface area contributed by atoms with Crippen LogP contribution in [0, 0.1) is 20.8 Å². The Morgan fingerprint density at radius 2 is 1.83 bits per heavy atom. The Morgan fingerprint density at radius 3 is 2.50 bits per heavy atom. The Labute approximate surface area is 183 Å². The zero-order valence-corrected chi connectivity index (χ0v) is 19.3. The van der Waals surface area contributed by atoms with Crippen LogP contribution >= 0.6 is 11.3 Å². The van der Waals surface area contributed by atoms with E-state index >= 15 is 0 Å². The van der Waals surface area contributed by atoms with Crippen LogP contribution < -0.4 is 4.74 Å². The fourth-order valence-electron chi connectivity index (χ4n) is 3.42. The van der Waals surface area contributed by atoms with Crippen molar-refractivity contribution in [1.29, 1.82) is 0 Å². The van der Waals surface area contributed by atoms with Gasteiger partial charge in [-0.15, -0.1) is 11.3 Å². The number of carbonyl (C=O) groups is 1. The summed E-state index contributed by atoms with van der Waals surface area (Å²) < 4.78 is 5.94. The topological polar surface area (TPSA) is 42.4 Å². The van der Waals surface area contributed by atoms with Crippen LogP contribution in [0.15, 0.2) is 47.8 Å². The Hall–Kier alpha value is -2.66. The number of ether oxygens (including phenoxy) is 1. The molecule has 0 aliphatic heterocycles. The van der Waals surface area contributed by atoms with Crippen molar-refractivity contribution in [2.75, 3.05) is 0 Å². The van der Waals surface area contributed by atoms with Gasteiger partial charge in [0.25, 0.3) is 5.91 Å². The predicted octanol–water partition coefficient (Wildman–Crippen LogP) is 6.09. The van der Waals surface area contributed by atoms with E-state index in [4.69, 9.17) is 9.72 Å². The molecule has 1 amide bonds. The van der Waals surface area contributed by atoms with E-state index < -0.39 is 0 Å². The minimum Gasteiger partial charge on any atom is -0.486 e. The van der Waals surface area contributed by atoms with E-state index in [1.54, 1.807) is 11.3 Å². The van der Waals surface area contributed by atoms with Crippen LogP contribution in [0.2, 0.25) is 0 Å². The first-order chi connectivity index (χ1) is 14.4. The van der Waals surface area contributed by atoms with Crippen LogP contribution in [0.5, 0.6) is 5.75 Å². The first kappa shape index (κ1) is 22.0. The van der Waals surface area contributed by atoms with Gasteiger partial charge in [-0.1, -0.05) is 30.7 Å². The number of rotatable bonds is 8. The maximum Gasteiger partial charge on any atom is 0.254 e. The molecule has 4 nitrogen and oxygen atoms in total. The number of thiazole rings is 1. The maximum atomic E-state index is 13.2. The van der Waals surface area contributed by atoms with Gasteiger partial charge in [0.15, 0.2) is 0 Å². The summed E-state index contributed by atoms with van der Waals surface area (Å²) in [5.74, 6) is 0.911. The molecule has 2 aromatic carbocycles. The van der Waals surface area contributed by atoms with Crippen molar-refractivity contribution in [3.8, 4) is 5.75 Å². The fraction of sp³-hybridized carbons (Fsp3) is 0.360. The van der Waals surface area contributed by atoms with E-state index in [0.29, 0.717) is 13.2 Å². The molecule has 30 heavy (non-hydrogen) atoms. The van der Waals surface area contributed by atoms with Crippen LogP contribution in [0.4, 0.5) is 0 Å². The second-order valence-electron chi connectivity index (χ2n) is 7.90. The second-order valence-corrected chi connectivity index (χ2v) is 8.85. The van der Waals surface area contributed by atoms with E-state index in [9.17, 15) is 4.79 Å². The number of benzene rings is 2. The van der Waals surface area contributed by atoms with Crippen molar-refractivity contribution in [2.45, 2.75) is 60.2 Å². The fourth-order valence-corrected chi connectivity index (χ4v) is 4.11. The zero-order chi connectivity index (χ0) is 21.7. The zero-order valence-electron chi connectivity index (χ0n) is 18.4. The summed E-state index contributed by atoms with van der Waals surface area (Å²) in [6, 6.07) is 14.1. The van der Waals surface area contributed by atoms with Gasteiger partial charge < -0.3 is 9.64 Å². The van der Waals surface area contributed by atoms with Crippen molar-refractivity contribution in [3.63, 3.8) is 0 Å². The number of hydrogen-bond donors (Lipinski definition) is 0. The first-order valence-corrected chi connectivity index (χ1v) is 11.3. The summed E-state index contributed by atoms with van der Waals surface area (Å²) in [6.07, 6.45) is 0.893.